The Morgan fingerprint density at radius 2 is 2.21 bits per heavy atom. The molecule has 1 atom stereocenters. The van der Waals surface area contributed by atoms with E-state index in [1.165, 1.54) is 6.07 Å². The molecule has 1 aromatic carbocycles. The van der Waals surface area contributed by atoms with Crippen molar-refractivity contribution in [3.05, 3.63) is 54.9 Å². The summed E-state index contributed by atoms with van der Waals surface area (Å²) in [6, 6.07) is 5.18. The topological polar surface area (TPSA) is 12.0 Å². The van der Waals surface area contributed by atoms with Gasteiger partial charge < -0.3 is 5.32 Å². The zero-order valence-corrected chi connectivity index (χ0v) is 13.8. The summed E-state index contributed by atoms with van der Waals surface area (Å²) in [5.41, 5.74) is 2.02. The summed E-state index contributed by atoms with van der Waals surface area (Å²) in [7, 11) is 1.89. The summed E-state index contributed by atoms with van der Waals surface area (Å²) >= 11 is 11.2. The smallest absolute Gasteiger partial charge is 0.137 e. The maximum absolute atomic E-state index is 13.5. The summed E-state index contributed by atoms with van der Waals surface area (Å²) in [6.45, 7) is 1.99. The molecule has 0 fully saturated rings. The quantitative estimate of drug-likeness (QED) is 0.796. The van der Waals surface area contributed by atoms with Crippen molar-refractivity contribution in [3.63, 3.8) is 0 Å². The largest absolute Gasteiger partial charge is 0.312 e. The van der Waals surface area contributed by atoms with Crippen molar-refractivity contribution >= 4 is 38.9 Å². The number of aryl methyl sites for hydroxylation is 1. The highest BCUT2D eigenvalue weighted by atomic mass is 79.9. The first-order valence-corrected chi connectivity index (χ1v) is 7.93. The monoisotopic (exact) mass is 361 g/mol. The van der Waals surface area contributed by atoms with Gasteiger partial charge in [-0.25, -0.2) is 4.39 Å². The molecule has 0 amide bonds. The van der Waals surface area contributed by atoms with Gasteiger partial charge in [0.25, 0.3) is 0 Å². The molecular weight excluding hydrogens is 349 g/mol. The molecule has 0 spiro atoms. The van der Waals surface area contributed by atoms with Crippen molar-refractivity contribution in [3.8, 4) is 0 Å². The van der Waals surface area contributed by atoms with E-state index in [1.807, 2.05) is 25.4 Å². The molecular formula is C14H14BrClFNS. The number of likely N-dealkylation sites (N-methyl/N-ethyl adjacent to an activating group) is 1. The first-order chi connectivity index (χ1) is 9.04. The first-order valence-electron chi connectivity index (χ1n) is 5.88. The highest BCUT2D eigenvalue weighted by molar-refractivity contribution is 9.10. The minimum atomic E-state index is -0.235. The zero-order chi connectivity index (χ0) is 14.0. The molecule has 0 bridgehead atoms. The number of hydrogen-bond acceptors (Lipinski definition) is 2. The summed E-state index contributed by atoms with van der Waals surface area (Å²) in [5, 5.41) is 6.10. The van der Waals surface area contributed by atoms with Crippen LogP contribution in [0.15, 0.2) is 28.1 Å². The second kappa shape index (κ2) is 6.35. The van der Waals surface area contributed by atoms with Gasteiger partial charge in [-0.05, 0) is 58.9 Å². The van der Waals surface area contributed by atoms with E-state index in [4.69, 9.17) is 11.6 Å². The Kier molecular flexibility index (Phi) is 5.01. The molecule has 1 unspecified atom stereocenters. The first kappa shape index (κ1) is 15.0. The van der Waals surface area contributed by atoms with Gasteiger partial charge in [0.1, 0.15) is 5.82 Å². The fourth-order valence-corrected chi connectivity index (χ4v) is 3.80. The number of benzene rings is 1. The lowest BCUT2D eigenvalue weighted by Gasteiger charge is -2.16. The minimum Gasteiger partial charge on any atom is -0.312 e. The molecule has 1 N–H and O–H groups in total. The van der Waals surface area contributed by atoms with Crippen molar-refractivity contribution in [2.24, 2.45) is 0 Å². The van der Waals surface area contributed by atoms with Gasteiger partial charge in [-0.3, -0.25) is 0 Å². The van der Waals surface area contributed by atoms with Crippen LogP contribution in [-0.4, -0.2) is 7.05 Å². The maximum Gasteiger partial charge on any atom is 0.137 e. The molecule has 5 heteroatoms. The van der Waals surface area contributed by atoms with Gasteiger partial charge in [-0.1, -0.05) is 23.7 Å². The fourth-order valence-electron chi connectivity index (χ4n) is 1.94. The van der Waals surface area contributed by atoms with E-state index in [0.717, 1.165) is 21.0 Å². The molecule has 1 nitrogen and oxygen atoms in total. The summed E-state index contributed by atoms with van der Waals surface area (Å²) in [4.78, 5) is 1.10. The van der Waals surface area contributed by atoms with Crippen molar-refractivity contribution in [2.75, 3.05) is 7.05 Å². The Morgan fingerprint density at radius 1 is 1.47 bits per heavy atom. The zero-order valence-electron chi connectivity index (χ0n) is 10.6. The molecule has 0 aliphatic heterocycles. The maximum atomic E-state index is 13.5. The number of thiophene rings is 1. The lowest BCUT2D eigenvalue weighted by molar-refractivity contribution is 0.587. The molecule has 0 saturated carbocycles. The molecule has 0 saturated heterocycles. The summed E-state index contributed by atoms with van der Waals surface area (Å²) in [6.07, 6.45) is 0.689. The molecule has 1 heterocycles. The van der Waals surface area contributed by atoms with E-state index in [1.54, 1.807) is 17.4 Å². The highest BCUT2D eigenvalue weighted by Gasteiger charge is 2.18. The van der Waals surface area contributed by atoms with Crippen LogP contribution in [0, 0.1) is 12.7 Å². The van der Waals surface area contributed by atoms with Crippen LogP contribution in [0.4, 0.5) is 4.39 Å². The molecule has 0 aliphatic rings. The Labute approximate surface area is 129 Å². The van der Waals surface area contributed by atoms with Crippen LogP contribution in [0.5, 0.6) is 0 Å². The van der Waals surface area contributed by atoms with Crippen LogP contribution in [0.25, 0.3) is 0 Å². The van der Waals surface area contributed by atoms with Gasteiger partial charge in [0, 0.05) is 10.9 Å². The Balaban J connectivity index is 2.29. The third-order valence-electron chi connectivity index (χ3n) is 3.05. The number of rotatable bonds is 4. The predicted molar refractivity (Wildman–Crippen MR) is 83.7 cm³/mol. The molecule has 2 rings (SSSR count). The van der Waals surface area contributed by atoms with Gasteiger partial charge in [0.2, 0.25) is 0 Å². The van der Waals surface area contributed by atoms with Crippen molar-refractivity contribution in [1.82, 2.24) is 5.32 Å². The summed E-state index contributed by atoms with van der Waals surface area (Å²) in [5.74, 6) is -0.235. The van der Waals surface area contributed by atoms with Crippen LogP contribution < -0.4 is 5.32 Å². The van der Waals surface area contributed by atoms with Gasteiger partial charge in [0.05, 0.1) is 9.50 Å². The highest BCUT2D eigenvalue weighted by Crippen LogP contribution is 2.35. The van der Waals surface area contributed by atoms with Gasteiger partial charge in [0.15, 0.2) is 0 Å². The number of nitrogens with one attached hydrogen (secondary N) is 1. The van der Waals surface area contributed by atoms with Gasteiger partial charge in [-0.15, -0.1) is 11.3 Å². The van der Waals surface area contributed by atoms with Gasteiger partial charge in [-0.2, -0.15) is 0 Å². The lowest BCUT2D eigenvalue weighted by atomic mass is 10.0. The van der Waals surface area contributed by atoms with Crippen LogP contribution >= 0.6 is 38.9 Å². The van der Waals surface area contributed by atoms with E-state index >= 15 is 0 Å². The second-order valence-electron chi connectivity index (χ2n) is 4.36. The Bertz CT molecular complexity index is 585. The van der Waals surface area contributed by atoms with E-state index < -0.39 is 0 Å². The lowest BCUT2D eigenvalue weighted by Crippen LogP contribution is -2.18. The van der Waals surface area contributed by atoms with Crippen LogP contribution in [0.2, 0.25) is 5.02 Å². The summed E-state index contributed by atoms with van der Waals surface area (Å²) < 4.78 is 14.1. The van der Waals surface area contributed by atoms with Crippen LogP contribution in [-0.2, 0) is 6.42 Å². The third-order valence-corrected chi connectivity index (χ3v) is 5.76. The van der Waals surface area contributed by atoms with E-state index in [-0.39, 0.29) is 11.9 Å². The molecule has 0 aliphatic carbocycles. The van der Waals surface area contributed by atoms with E-state index in [2.05, 4.69) is 21.2 Å². The van der Waals surface area contributed by atoms with Crippen molar-refractivity contribution in [1.29, 1.82) is 0 Å². The fraction of sp³-hybridized carbons (Fsp3) is 0.286. The minimum absolute atomic E-state index is 0.0873. The van der Waals surface area contributed by atoms with E-state index in [0.29, 0.717) is 10.9 Å². The molecule has 1 aromatic heterocycles. The standard InChI is InChI=1S/C14H14BrClFNS/c1-8-7-19-14(13(8)16)11(18-2)6-9-4-3-5-10(17)12(9)15/h3-5,7,11,18H,6H2,1-2H3. The van der Waals surface area contributed by atoms with Crippen molar-refractivity contribution in [2.45, 2.75) is 19.4 Å². The normalized spacial score (nSPS) is 12.7. The number of hydrogen-bond donors (Lipinski definition) is 1. The Hall–Kier alpha value is -0.420. The predicted octanol–water partition coefficient (Wildman–Crippen LogP) is 5.11. The third kappa shape index (κ3) is 3.19. The average Bonchev–Trinajstić information content (AvgIpc) is 2.72. The number of halogens is 3. The second-order valence-corrected chi connectivity index (χ2v) is 6.44. The van der Waals surface area contributed by atoms with Crippen LogP contribution in [0.3, 0.4) is 0 Å². The SMILES string of the molecule is CNC(Cc1cccc(F)c1Br)c1scc(C)c1Cl. The molecule has 0 radical (unpaired) electrons. The van der Waals surface area contributed by atoms with E-state index in [9.17, 15) is 4.39 Å². The molecule has 102 valence electrons. The Morgan fingerprint density at radius 3 is 2.79 bits per heavy atom. The van der Waals surface area contributed by atoms with Crippen LogP contribution in [0.1, 0.15) is 22.0 Å². The van der Waals surface area contributed by atoms with Gasteiger partial charge >= 0.3 is 0 Å². The molecule has 19 heavy (non-hydrogen) atoms. The average molecular weight is 363 g/mol. The molecule has 2 aromatic rings. The van der Waals surface area contributed by atoms with Crippen molar-refractivity contribution < 1.29 is 4.39 Å².